The molecular formula is C22H19N3O2. The fourth-order valence-electron chi connectivity index (χ4n) is 2.85. The van der Waals surface area contributed by atoms with E-state index in [4.69, 9.17) is 4.74 Å². The number of benzene rings is 3. The summed E-state index contributed by atoms with van der Waals surface area (Å²) in [6.07, 6.45) is 0. The zero-order valence-corrected chi connectivity index (χ0v) is 14.9. The molecule has 0 aliphatic heterocycles. The number of fused-ring (bicyclic) bond motifs is 1. The van der Waals surface area contributed by atoms with Crippen molar-refractivity contribution >= 4 is 22.6 Å². The van der Waals surface area contributed by atoms with Crippen LogP contribution < -0.4 is 10.1 Å². The van der Waals surface area contributed by atoms with Crippen molar-refractivity contribution in [3.05, 3.63) is 78.4 Å². The summed E-state index contributed by atoms with van der Waals surface area (Å²) >= 11 is 0. The van der Waals surface area contributed by atoms with E-state index in [1.54, 1.807) is 0 Å². The van der Waals surface area contributed by atoms with Gasteiger partial charge < -0.3 is 15.0 Å². The summed E-state index contributed by atoms with van der Waals surface area (Å²) in [4.78, 5) is 20.0. The molecule has 0 aliphatic rings. The van der Waals surface area contributed by atoms with E-state index in [9.17, 15) is 4.79 Å². The smallest absolute Gasteiger partial charge is 0.262 e. The molecule has 5 nitrogen and oxygen atoms in total. The van der Waals surface area contributed by atoms with Gasteiger partial charge >= 0.3 is 0 Å². The molecule has 3 aromatic carbocycles. The molecule has 1 aromatic heterocycles. The van der Waals surface area contributed by atoms with Gasteiger partial charge in [0.2, 0.25) is 0 Å². The van der Waals surface area contributed by atoms with Gasteiger partial charge in [-0.05, 0) is 61.0 Å². The molecule has 27 heavy (non-hydrogen) atoms. The van der Waals surface area contributed by atoms with Crippen LogP contribution in [0.4, 0.5) is 5.69 Å². The Labute approximate surface area is 157 Å². The van der Waals surface area contributed by atoms with E-state index in [-0.39, 0.29) is 12.5 Å². The number of ether oxygens (including phenoxy) is 1. The first-order chi connectivity index (χ1) is 13.2. The van der Waals surface area contributed by atoms with Gasteiger partial charge in [-0.2, -0.15) is 0 Å². The maximum Gasteiger partial charge on any atom is 0.262 e. The molecular weight excluding hydrogens is 338 g/mol. The number of H-pyrrole nitrogens is 1. The number of anilines is 1. The topological polar surface area (TPSA) is 67.0 Å². The molecule has 0 spiro atoms. The van der Waals surface area contributed by atoms with Crippen LogP contribution in [-0.2, 0) is 4.79 Å². The number of hydrogen-bond acceptors (Lipinski definition) is 3. The van der Waals surface area contributed by atoms with Gasteiger partial charge in [-0.15, -0.1) is 0 Å². The number of rotatable bonds is 5. The standard InChI is InChI=1S/C22H19N3O2/c1-15-5-4-6-18(13-15)27-14-21(26)23-17-11-9-16(10-12-17)22-24-19-7-2-3-8-20(19)25-22/h2-13H,14H2,1H3,(H,23,26)(H,24,25). The Bertz CT molecular complexity index is 1050. The van der Waals surface area contributed by atoms with Gasteiger partial charge in [-0.25, -0.2) is 4.98 Å². The van der Waals surface area contributed by atoms with Crippen molar-refractivity contribution in [2.45, 2.75) is 6.92 Å². The van der Waals surface area contributed by atoms with Crippen LogP contribution in [0, 0.1) is 6.92 Å². The minimum atomic E-state index is -0.201. The van der Waals surface area contributed by atoms with E-state index in [1.165, 1.54) is 0 Å². The number of aryl methyl sites for hydroxylation is 1. The molecule has 2 N–H and O–H groups in total. The number of hydrogen-bond donors (Lipinski definition) is 2. The number of nitrogens with one attached hydrogen (secondary N) is 2. The number of aromatic amines is 1. The van der Waals surface area contributed by atoms with Crippen molar-refractivity contribution in [1.82, 2.24) is 9.97 Å². The van der Waals surface area contributed by atoms with Crippen LogP contribution in [0.2, 0.25) is 0 Å². The van der Waals surface area contributed by atoms with Crippen molar-refractivity contribution in [2.24, 2.45) is 0 Å². The number of aromatic nitrogens is 2. The fourth-order valence-corrected chi connectivity index (χ4v) is 2.85. The van der Waals surface area contributed by atoms with Gasteiger partial charge in [0, 0.05) is 11.3 Å². The van der Waals surface area contributed by atoms with E-state index in [0.29, 0.717) is 11.4 Å². The second kappa shape index (κ2) is 7.33. The molecule has 0 bridgehead atoms. The van der Waals surface area contributed by atoms with Crippen molar-refractivity contribution in [3.63, 3.8) is 0 Å². The molecule has 4 aromatic rings. The third-order valence-corrected chi connectivity index (χ3v) is 4.19. The van der Waals surface area contributed by atoms with E-state index in [0.717, 1.165) is 28.0 Å². The maximum absolute atomic E-state index is 12.1. The number of amides is 1. The summed E-state index contributed by atoms with van der Waals surface area (Å²) in [5.41, 5.74) is 4.69. The van der Waals surface area contributed by atoms with E-state index < -0.39 is 0 Å². The Kier molecular flexibility index (Phi) is 4.58. The Morgan fingerprint density at radius 1 is 1.04 bits per heavy atom. The molecule has 5 heteroatoms. The molecule has 1 heterocycles. The highest BCUT2D eigenvalue weighted by Gasteiger charge is 2.07. The van der Waals surface area contributed by atoms with Gasteiger partial charge in [0.1, 0.15) is 11.6 Å². The van der Waals surface area contributed by atoms with Crippen molar-refractivity contribution in [2.75, 3.05) is 11.9 Å². The van der Waals surface area contributed by atoms with Crippen molar-refractivity contribution < 1.29 is 9.53 Å². The molecule has 0 saturated carbocycles. The first kappa shape index (κ1) is 16.8. The Balaban J connectivity index is 1.39. The van der Waals surface area contributed by atoms with Crippen LogP contribution in [0.5, 0.6) is 5.75 Å². The molecule has 0 fully saturated rings. The van der Waals surface area contributed by atoms with E-state index in [1.807, 2.05) is 79.7 Å². The predicted molar refractivity (Wildman–Crippen MR) is 107 cm³/mol. The van der Waals surface area contributed by atoms with Crippen LogP contribution in [0.25, 0.3) is 22.4 Å². The summed E-state index contributed by atoms with van der Waals surface area (Å²) in [7, 11) is 0. The van der Waals surface area contributed by atoms with Gasteiger partial charge in [-0.1, -0.05) is 24.3 Å². The Morgan fingerprint density at radius 2 is 1.85 bits per heavy atom. The summed E-state index contributed by atoms with van der Waals surface area (Å²) in [5.74, 6) is 1.29. The van der Waals surface area contributed by atoms with Gasteiger partial charge in [0.25, 0.3) is 5.91 Å². The predicted octanol–water partition coefficient (Wildman–Crippen LogP) is 4.56. The molecule has 0 unspecified atom stereocenters. The highest BCUT2D eigenvalue weighted by molar-refractivity contribution is 5.92. The van der Waals surface area contributed by atoms with E-state index in [2.05, 4.69) is 15.3 Å². The quantitative estimate of drug-likeness (QED) is 0.550. The molecule has 0 radical (unpaired) electrons. The molecule has 134 valence electrons. The average molecular weight is 357 g/mol. The van der Waals surface area contributed by atoms with Crippen molar-refractivity contribution in [3.8, 4) is 17.1 Å². The zero-order chi connectivity index (χ0) is 18.6. The lowest BCUT2D eigenvalue weighted by Gasteiger charge is -2.08. The number of imidazole rings is 1. The fraction of sp³-hybridized carbons (Fsp3) is 0.0909. The third kappa shape index (κ3) is 3.98. The summed E-state index contributed by atoms with van der Waals surface area (Å²) in [5, 5.41) is 2.84. The Hall–Kier alpha value is -3.60. The highest BCUT2D eigenvalue weighted by atomic mass is 16.5. The van der Waals surface area contributed by atoms with Crippen LogP contribution in [0.1, 0.15) is 5.56 Å². The van der Waals surface area contributed by atoms with Crippen LogP contribution in [0.15, 0.2) is 72.8 Å². The van der Waals surface area contributed by atoms with Gasteiger partial charge in [-0.3, -0.25) is 4.79 Å². The minimum absolute atomic E-state index is 0.0330. The first-order valence-electron chi connectivity index (χ1n) is 8.72. The lowest BCUT2D eigenvalue weighted by atomic mass is 10.2. The molecule has 0 saturated heterocycles. The summed E-state index contributed by atoms with van der Waals surface area (Å²) in [6, 6.07) is 23.1. The zero-order valence-electron chi connectivity index (χ0n) is 14.9. The Morgan fingerprint density at radius 3 is 2.63 bits per heavy atom. The maximum atomic E-state index is 12.1. The van der Waals surface area contributed by atoms with E-state index >= 15 is 0 Å². The average Bonchev–Trinajstić information content (AvgIpc) is 3.11. The molecule has 1 amide bonds. The number of carbonyl (C=O) groups excluding carboxylic acids is 1. The lowest BCUT2D eigenvalue weighted by molar-refractivity contribution is -0.118. The molecule has 0 atom stereocenters. The molecule has 0 aliphatic carbocycles. The summed E-state index contributed by atoms with van der Waals surface area (Å²) in [6.45, 7) is 1.95. The third-order valence-electron chi connectivity index (χ3n) is 4.19. The second-order valence-corrected chi connectivity index (χ2v) is 6.33. The monoisotopic (exact) mass is 357 g/mol. The second-order valence-electron chi connectivity index (χ2n) is 6.33. The number of para-hydroxylation sites is 2. The normalized spacial score (nSPS) is 10.7. The first-order valence-corrected chi connectivity index (χ1v) is 8.72. The van der Waals surface area contributed by atoms with Crippen LogP contribution in [0.3, 0.4) is 0 Å². The lowest BCUT2D eigenvalue weighted by Crippen LogP contribution is -2.20. The largest absolute Gasteiger partial charge is 0.484 e. The van der Waals surface area contributed by atoms with Gasteiger partial charge in [0.05, 0.1) is 11.0 Å². The minimum Gasteiger partial charge on any atom is -0.484 e. The van der Waals surface area contributed by atoms with Crippen LogP contribution >= 0.6 is 0 Å². The van der Waals surface area contributed by atoms with Crippen molar-refractivity contribution in [1.29, 1.82) is 0 Å². The van der Waals surface area contributed by atoms with Crippen LogP contribution in [-0.4, -0.2) is 22.5 Å². The highest BCUT2D eigenvalue weighted by Crippen LogP contribution is 2.22. The SMILES string of the molecule is Cc1cccc(OCC(=O)Nc2ccc(-c3nc4ccccc4[nH]3)cc2)c1. The number of nitrogens with zero attached hydrogens (tertiary/aromatic N) is 1. The molecule has 4 rings (SSSR count). The summed E-state index contributed by atoms with van der Waals surface area (Å²) < 4.78 is 5.52. The number of carbonyl (C=O) groups is 1. The van der Waals surface area contributed by atoms with Gasteiger partial charge in [0.15, 0.2) is 6.61 Å².